The van der Waals surface area contributed by atoms with Gasteiger partial charge in [0, 0.05) is 23.9 Å². The van der Waals surface area contributed by atoms with E-state index in [1.165, 1.54) is 24.3 Å². The van der Waals surface area contributed by atoms with Crippen LogP contribution in [-0.2, 0) is 0 Å². The van der Waals surface area contributed by atoms with Gasteiger partial charge in [-0.15, -0.1) is 10.2 Å². The zero-order valence-electron chi connectivity index (χ0n) is 12.2. The Bertz CT molecular complexity index is 872. The van der Waals surface area contributed by atoms with Crippen molar-refractivity contribution in [2.45, 2.75) is 13.0 Å². The van der Waals surface area contributed by atoms with Crippen molar-refractivity contribution in [3.8, 4) is 0 Å². The zero-order valence-corrected chi connectivity index (χ0v) is 12.2. The summed E-state index contributed by atoms with van der Waals surface area (Å²) in [6, 6.07) is 10.6. The molecule has 8 heteroatoms. The lowest BCUT2D eigenvalue weighted by molar-refractivity contribution is -0.384. The number of rotatable bonds is 4. The summed E-state index contributed by atoms with van der Waals surface area (Å²) in [7, 11) is 0. The summed E-state index contributed by atoms with van der Waals surface area (Å²) in [6.45, 7) is 1.80. The number of amides is 1. The van der Waals surface area contributed by atoms with Crippen LogP contribution < -0.4 is 5.32 Å². The van der Waals surface area contributed by atoms with E-state index < -0.39 is 4.92 Å². The Labute approximate surface area is 130 Å². The monoisotopic (exact) mass is 311 g/mol. The molecule has 3 aromatic rings. The number of nitro groups is 1. The first-order valence-corrected chi connectivity index (χ1v) is 6.91. The van der Waals surface area contributed by atoms with Crippen LogP contribution in [0.1, 0.15) is 29.1 Å². The quantitative estimate of drug-likeness (QED) is 0.587. The molecule has 2 aromatic heterocycles. The Balaban J connectivity index is 1.78. The maximum Gasteiger partial charge on any atom is 0.269 e. The number of hydrogen-bond donors (Lipinski definition) is 1. The summed E-state index contributed by atoms with van der Waals surface area (Å²) >= 11 is 0. The maximum atomic E-state index is 12.2. The molecule has 0 radical (unpaired) electrons. The molecule has 0 aliphatic rings. The highest BCUT2D eigenvalue weighted by Crippen LogP contribution is 2.15. The third-order valence-electron chi connectivity index (χ3n) is 3.42. The predicted octanol–water partition coefficient (Wildman–Crippen LogP) is 2.13. The van der Waals surface area contributed by atoms with E-state index in [1.54, 1.807) is 11.3 Å². The third-order valence-corrected chi connectivity index (χ3v) is 3.42. The number of fused-ring (bicyclic) bond motifs is 1. The molecule has 0 saturated heterocycles. The number of carbonyl (C=O) groups is 1. The SMILES string of the molecule is CC(NC(=O)c1ccc([N+](=O)[O-])cc1)c1nnc2ccccn12. The lowest BCUT2D eigenvalue weighted by Gasteiger charge is -2.12. The molecule has 0 spiro atoms. The minimum absolute atomic E-state index is 0.0574. The van der Waals surface area contributed by atoms with Crippen LogP contribution in [0.3, 0.4) is 0 Å². The number of pyridine rings is 1. The second kappa shape index (κ2) is 5.84. The van der Waals surface area contributed by atoms with Crippen LogP contribution in [0.15, 0.2) is 48.7 Å². The number of benzene rings is 1. The highest BCUT2D eigenvalue weighted by molar-refractivity contribution is 5.94. The molecule has 116 valence electrons. The summed E-state index contributed by atoms with van der Waals surface area (Å²) in [4.78, 5) is 22.3. The summed E-state index contributed by atoms with van der Waals surface area (Å²) < 4.78 is 1.79. The fourth-order valence-corrected chi connectivity index (χ4v) is 2.23. The van der Waals surface area contributed by atoms with Crippen LogP contribution in [0.4, 0.5) is 5.69 Å². The number of nitro benzene ring substituents is 1. The molecule has 8 nitrogen and oxygen atoms in total. The van der Waals surface area contributed by atoms with Gasteiger partial charge in [-0.25, -0.2) is 0 Å². The fraction of sp³-hybridized carbons (Fsp3) is 0.133. The van der Waals surface area contributed by atoms with Crippen molar-refractivity contribution >= 4 is 17.2 Å². The summed E-state index contributed by atoms with van der Waals surface area (Å²) in [5.74, 6) is 0.274. The van der Waals surface area contributed by atoms with E-state index in [1.807, 2.05) is 24.4 Å². The molecular formula is C15H13N5O3. The zero-order chi connectivity index (χ0) is 16.4. The number of hydrogen-bond acceptors (Lipinski definition) is 5. The van der Waals surface area contributed by atoms with Gasteiger partial charge in [-0.2, -0.15) is 0 Å². The van der Waals surface area contributed by atoms with Crippen LogP contribution in [0.2, 0.25) is 0 Å². The highest BCUT2D eigenvalue weighted by atomic mass is 16.6. The maximum absolute atomic E-state index is 12.2. The van der Waals surface area contributed by atoms with Crippen molar-refractivity contribution in [3.63, 3.8) is 0 Å². The second-order valence-electron chi connectivity index (χ2n) is 4.99. The van der Waals surface area contributed by atoms with Gasteiger partial charge in [-0.05, 0) is 31.2 Å². The van der Waals surface area contributed by atoms with Crippen molar-refractivity contribution < 1.29 is 9.72 Å². The Morgan fingerprint density at radius 3 is 2.65 bits per heavy atom. The van der Waals surface area contributed by atoms with E-state index in [0.717, 1.165) is 0 Å². The molecule has 1 atom stereocenters. The molecule has 0 bridgehead atoms. The average molecular weight is 311 g/mol. The smallest absolute Gasteiger partial charge is 0.269 e. The number of carbonyl (C=O) groups excluding carboxylic acids is 1. The third kappa shape index (κ3) is 2.86. The van der Waals surface area contributed by atoms with E-state index in [2.05, 4.69) is 15.5 Å². The largest absolute Gasteiger partial charge is 0.342 e. The average Bonchev–Trinajstić information content (AvgIpc) is 2.99. The number of aromatic nitrogens is 3. The predicted molar refractivity (Wildman–Crippen MR) is 82.0 cm³/mol. The molecule has 0 saturated carbocycles. The molecule has 0 fully saturated rings. The minimum Gasteiger partial charge on any atom is -0.342 e. The van der Waals surface area contributed by atoms with Crippen molar-refractivity contribution in [2.75, 3.05) is 0 Å². The first kappa shape index (κ1) is 14.6. The Hall–Kier alpha value is -3.29. The molecule has 0 aliphatic heterocycles. The van der Waals surface area contributed by atoms with Gasteiger partial charge in [-0.1, -0.05) is 6.07 Å². The van der Waals surface area contributed by atoms with Gasteiger partial charge < -0.3 is 5.32 Å². The van der Waals surface area contributed by atoms with Gasteiger partial charge in [0.1, 0.15) is 0 Å². The number of nitrogens with one attached hydrogen (secondary N) is 1. The summed E-state index contributed by atoms with van der Waals surface area (Å²) in [5.41, 5.74) is 0.980. The topological polar surface area (TPSA) is 102 Å². The molecule has 2 heterocycles. The minimum atomic E-state index is -0.507. The highest BCUT2D eigenvalue weighted by Gasteiger charge is 2.17. The lowest BCUT2D eigenvalue weighted by atomic mass is 10.2. The van der Waals surface area contributed by atoms with Crippen LogP contribution in [0, 0.1) is 10.1 Å². The molecule has 23 heavy (non-hydrogen) atoms. The Morgan fingerprint density at radius 2 is 1.96 bits per heavy atom. The van der Waals surface area contributed by atoms with E-state index in [0.29, 0.717) is 17.0 Å². The van der Waals surface area contributed by atoms with Crippen molar-refractivity contribution in [2.24, 2.45) is 0 Å². The molecule has 1 N–H and O–H groups in total. The van der Waals surface area contributed by atoms with E-state index in [9.17, 15) is 14.9 Å². The Morgan fingerprint density at radius 1 is 1.22 bits per heavy atom. The fourth-order valence-electron chi connectivity index (χ4n) is 2.23. The number of non-ortho nitro benzene ring substituents is 1. The summed E-state index contributed by atoms with van der Waals surface area (Å²) in [5, 5.41) is 21.6. The lowest BCUT2D eigenvalue weighted by Crippen LogP contribution is -2.27. The molecular weight excluding hydrogens is 298 g/mol. The van der Waals surface area contributed by atoms with Crippen molar-refractivity contribution in [1.82, 2.24) is 19.9 Å². The van der Waals surface area contributed by atoms with Gasteiger partial charge in [0.05, 0.1) is 11.0 Å². The molecule has 1 aromatic carbocycles. The first-order chi connectivity index (χ1) is 11.1. The van der Waals surface area contributed by atoms with E-state index >= 15 is 0 Å². The van der Waals surface area contributed by atoms with Crippen LogP contribution >= 0.6 is 0 Å². The first-order valence-electron chi connectivity index (χ1n) is 6.91. The molecule has 0 aliphatic carbocycles. The van der Waals surface area contributed by atoms with Crippen LogP contribution in [0.5, 0.6) is 0 Å². The van der Waals surface area contributed by atoms with E-state index in [-0.39, 0.29) is 17.6 Å². The van der Waals surface area contributed by atoms with Crippen molar-refractivity contribution in [1.29, 1.82) is 0 Å². The van der Waals surface area contributed by atoms with E-state index in [4.69, 9.17) is 0 Å². The second-order valence-corrected chi connectivity index (χ2v) is 4.99. The van der Waals surface area contributed by atoms with Gasteiger partial charge in [-0.3, -0.25) is 19.3 Å². The Kier molecular flexibility index (Phi) is 3.71. The summed E-state index contributed by atoms with van der Waals surface area (Å²) in [6.07, 6.45) is 1.82. The normalized spacial score (nSPS) is 12.0. The van der Waals surface area contributed by atoms with Gasteiger partial charge in [0.2, 0.25) is 0 Å². The van der Waals surface area contributed by atoms with Gasteiger partial charge >= 0.3 is 0 Å². The molecule has 1 unspecified atom stereocenters. The molecule has 1 amide bonds. The van der Waals surface area contributed by atoms with Crippen LogP contribution in [-0.4, -0.2) is 25.4 Å². The molecule has 3 rings (SSSR count). The van der Waals surface area contributed by atoms with Crippen molar-refractivity contribution in [3.05, 3.63) is 70.2 Å². The number of nitrogens with zero attached hydrogens (tertiary/aromatic N) is 4. The standard InChI is InChI=1S/C15H13N5O3/c1-10(14-18-17-13-4-2-3-9-19(13)14)16-15(21)11-5-7-12(8-6-11)20(22)23/h2-10H,1H3,(H,16,21). The van der Waals surface area contributed by atoms with Gasteiger partial charge in [0.15, 0.2) is 11.5 Å². The van der Waals surface area contributed by atoms with Gasteiger partial charge in [0.25, 0.3) is 11.6 Å². The van der Waals surface area contributed by atoms with Crippen LogP contribution in [0.25, 0.3) is 5.65 Å².